The first-order chi connectivity index (χ1) is 8.92. The van der Waals surface area contributed by atoms with Gasteiger partial charge in [-0.1, -0.05) is 37.3 Å². The van der Waals surface area contributed by atoms with Crippen molar-refractivity contribution >= 4 is 11.8 Å². The summed E-state index contributed by atoms with van der Waals surface area (Å²) in [6.07, 6.45) is -2.99. The van der Waals surface area contributed by atoms with E-state index in [4.69, 9.17) is 0 Å². The lowest BCUT2D eigenvalue weighted by Gasteiger charge is -2.22. The van der Waals surface area contributed by atoms with Crippen LogP contribution in [0.25, 0.3) is 0 Å². The van der Waals surface area contributed by atoms with Crippen LogP contribution in [0.1, 0.15) is 24.9 Å². The fourth-order valence-corrected chi connectivity index (χ4v) is 2.60. The van der Waals surface area contributed by atoms with Crippen LogP contribution in [0, 0.1) is 5.92 Å². The molecule has 1 nitrogen and oxygen atoms in total. The molecule has 0 spiro atoms. The highest BCUT2D eigenvalue weighted by atomic mass is 32.2. The average molecular weight is 291 g/mol. The maximum atomic E-state index is 12.6. The molecule has 1 N–H and O–H groups in total. The topological polar surface area (TPSA) is 12.0 Å². The predicted octanol–water partition coefficient (Wildman–Crippen LogP) is 4.27. The highest BCUT2D eigenvalue weighted by molar-refractivity contribution is 7.98. The Morgan fingerprint density at radius 3 is 2.37 bits per heavy atom. The Hall–Kier alpha value is -0.680. The van der Waals surface area contributed by atoms with Crippen molar-refractivity contribution in [3.63, 3.8) is 0 Å². The Balaban J connectivity index is 2.65. The lowest BCUT2D eigenvalue weighted by Crippen LogP contribution is -2.30. The Labute approximate surface area is 117 Å². The molecule has 0 heterocycles. The van der Waals surface area contributed by atoms with Crippen LogP contribution in [0.5, 0.6) is 0 Å². The van der Waals surface area contributed by atoms with E-state index in [0.717, 1.165) is 5.75 Å². The second kappa shape index (κ2) is 7.80. The van der Waals surface area contributed by atoms with Crippen LogP contribution in [0.15, 0.2) is 30.3 Å². The van der Waals surface area contributed by atoms with E-state index in [0.29, 0.717) is 18.0 Å². The van der Waals surface area contributed by atoms with E-state index in [1.165, 1.54) is 0 Å². The third kappa shape index (κ3) is 6.87. The van der Waals surface area contributed by atoms with E-state index in [9.17, 15) is 13.2 Å². The summed E-state index contributed by atoms with van der Waals surface area (Å²) in [6, 6.07) is 8.17. The molecule has 0 aromatic heterocycles. The molecule has 0 aliphatic carbocycles. The van der Waals surface area contributed by atoms with Gasteiger partial charge in [0.25, 0.3) is 0 Å². The number of benzene rings is 1. The molecule has 0 radical (unpaired) electrons. The maximum Gasteiger partial charge on any atom is 0.390 e. The number of thioether (sulfide) groups is 1. The lowest BCUT2D eigenvalue weighted by atomic mass is 10.0. The van der Waals surface area contributed by atoms with Gasteiger partial charge in [0, 0.05) is 6.04 Å². The van der Waals surface area contributed by atoms with E-state index in [-0.39, 0.29) is 0 Å². The molecule has 0 saturated heterocycles. The van der Waals surface area contributed by atoms with Gasteiger partial charge in [-0.2, -0.15) is 24.9 Å². The Bertz CT molecular complexity index is 353. The number of hydrogen-bond donors (Lipinski definition) is 1. The molecule has 0 fully saturated rings. The fraction of sp³-hybridized carbons (Fsp3) is 0.571. The Morgan fingerprint density at radius 1 is 1.21 bits per heavy atom. The van der Waals surface area contributed by atoms with E-state index in [1.54, 1.807) is 36.0 Å². The summed E-state index contributed by atoms with van der Waals surface area (Å²) < 4.78 is 37.9. The number of rotatable bonds is 7. The van der Waals surface area contributed by atoms with E-state index in [1.807, 2.05) is 19.2 Å². The summed E-state index contributed by atoms with van der Waals surface area (Å²) >= 11 is 1.71. The van der Waals surface area contributed by atoms with Crippen molar-refractivity contribution in [3.05, 3.63) is 35.9 Å². The second-order valence-corrected chi connectivity index (χ2v) is 5.66. The minimum absolute atomic E-state index is 0.356. The molecule has 0 amide bonds. The van der Waals surface area contributed by atoms with Crippen LogP contribution >= 0.6 is 11.8 Å². The van der Waals surface area contributed by atoms with E-state index in [2.05, 4.69) is 5.32 Å². The van der Waals surface area contributed by atoms with Crippen LogP contribution < -0.4 is 5.32 Å². The van der Waals surface area contributed by atoms with Crippen LogP contribution in [0.2, 0.25) is 0 Å². The molecule has 0 bridgehead atoms. The van der Waals surface area contributed by atoms with Crippen molar-refractivity contribution < 1.29 is 13.2 Å². The molecule has 0 aliphatic heterocycles. The summed E-state index contributed by atoms with van der Waals surface area (Å²) in [6.45, 7) is 2.63. The van der Waals surface area contributed by atoms with Gasteiger partial charge in [-0.15, -0.1) is 0 Å². The lowest BCUT2D eigenvalue weighted by molar-refractivity contribution is -0.140. The van der Waals surface area contributed by atoms with Crippen LogP contribution in [0.3, 0.4) is 0 Å². The molecule has 1 aromatic rings. The first-order valence-electron chi connectivity index (χ1n) is 6.26. The van der Waals surface area contributed by atoms with Gasteiger partial charge in [-0.25, -0.2) is 0 Å². The van der Waals surface area contributed by atoms with Crippen molar-refractivity contribution in [2.75, 3.05) is 18.6 Å². The van der Waals surface area contributed by atoms with Gasteiger partial charge in [-0.3, -0.25) is 0 Å². The summed E-state index contributed by atoms with van der Waals surface area (Å²) in [4.78, 5) is 0. The molecule has 0 aliphatic rings. The number of hydrogen-bond acceptors (Lipinski definition) is 2. The Kier molecular flexibility index (Phi) is 6.72. The first kappa shape index (κ1) is 16.4. The van der Waals surface area contributed by atoms with E-state index < -0.39 is 18.6 Å². The quantitative estimate of drug-likeness (QED) is 0.805. The van der Waals surface area contributed by atoms with Crippen molar-refractivity contribution in [1.29, 1.82) is 0 Å². The monoisotopic (exact) mass is 291 g/mol. The van der Waals surface area contributed by atoms with Gasteiger partial charge in [0.2, 0.25) is 0 Å². The molecule has 2 unspecified atom stereocenters. The highest BCUT2D eigenvalue weighted by Crippen LogP contribution is 2.29. The molecular weight excluding hydrogens is 271 g/mol. The zero-order valence-electron chi connectivity index (χ0n) is 11.2. The number of nitrogens with one attached hydrogen (secondary N) is 1. The first-order valence-corrected chi connectivity index (χ1v) is 7.65. The normalized spacial score (nSPS) is 15.2. The molecule has 1 rings (SSSR count). The van der Waals surface area contributed by atoms with Gasteiger partial charge in [0.05, 0.1) is 6.42 Å². The van der Waals surface area contributed by atoms with Crippen molar-refractivity contribution in [2.24, 2.45) is 5.92 Å². The summed E-state index contributed by atoms with van der Waals surface area (Å²) in [5.41, 5.74) is 0.691. The minimum Gasteiger partial charge on any atom is -0.309 e. The average Bonchev–Trinajstić information content (AvgIpc) is 2.34. The summed E-state index contributed by atoms with van der Waals surface area (Å²) in [5.74, 6) is 1.30. The van der Waals surface area contributed by atoms with Gasteiger partial charge in [-0.05, 0) is 30.0 Å². The van der Waals surface area contributed by atoms with Gasteiger partial charge in [0.1, 0.15) is 0 Å². The zero-order chi connectivity index (χ0) is 14.3. The predicted molar refractivity (Wildman–Crippen MR) is 75.4 cm³/mol. The third-order valence-corrected chi connectivity index (χ3v) is 3.70. The fourth-order valence-electron chi connectivity index (χ4n) is 1.91. The van der Waals surface area contributed by atoms with Crippen molar-refractivity contribution in [2.45, 2.75) is 25.6 Å². The van der Waals surface area contributed by atoms with Gasteiger partial charge in [0.15, 0.2) is 0 Å². The second-order valence-electron chi connectivity index (χ2n) is 4.75. The Morgan fingerprint density at radius 2 is 1.84 bits per heavy atom. The number of halogens is 3. The van der Waals surface area contributed by atoms with Crippen LogP contribution in [-0.2, 0) is 0 Å². The molecule has 108 valence electrons. The third-order valence-electron chi connectivity index (χ3n) is 2.80. The van der Waals surface area contributed by atoms with E-state index >= 15 is 0 Å². The SMILES string of the molecule is CSCC(C)CNC(CC(F)(F)F)c1ccccc1. The van der Waals surface area contributed by atoms with Crippen LogP contribution in [0.4, 0.5) is 13.2 Å². The van der Waals surface area contributed by atoms with Crippen LogP contribution in [-0.4, -0.2) is 24.7 Å². The molecule has 5 heteroatoms. The van der Waals surface area contributed by atoms with Gasteiger partial charge < -0.3 is 5.32 Å². The largest absolute Gasteiger partial charge is 0.390 e. The maximum absolute atomic E-state index is 12.6. The van der Waals surface area contributed by atoms with Crippen molar-refractivity contribution in [1.82, 2.24) is 5.32 Å². The molecular formula is C14H20F3NS. The zero-order valence-corrected chi connectivity index (χ0v) is 12.0. The summed E-state index contributed by atoms with van der Waals surface area (Å²) in [7, 11) is 0. The molecule has 19 heavy (non-hydrogen) atoms. The minimum atomic E-state index is -4.16. The molecule has 2 atom stereocenters. The van der Waals surface area contributed by atoms with Crippen molar-refractivity contribution in [3.8, 4) is 0 Å². The molecule has 1 aromatic carbocycles. The molecule has 0 saturated carbocycles. The highest BCUT2D eigenvalue weighted by Gasteiger charge is 2.32. The number of alkyl halides is 3. The van der Waals surface area contributed by atoms with Gasteiger partial charge >= 0.3 is 6.18 Å². The summed E-state index contributed by atoms with van der Waals surface area (Å²) in [5, 5.41) is 3.04. The standard InChI is InChI=1S/C14H20F3NS/c1-11(10-19-2)9-18-13(8-14(15,16)17)12-6-4-3-5-7-12/h3-7,11,13,18H,8-10H2,1-2H3. The smallest absolute Gasteiger partial charge is 0.309 e.